The SMILES string of the molecule is NC(=O)C1CC(NCc2ccc(F)c3cccnc23)C1. The highest BCUT2D eigenvalue weighted by Gasteiger charge is 2.32. The number of primary amides is 1. The molecular weight excluding hydrogens is 257 g/mol. The molecule has 0 atom stereocenters. The van der Waals surface area contributed by atoms with Gasteiger partial charge in [-0.3, -0.25) is 9.78 Å². The van der Waals surface area contributed by atoms with Gasteiger partial charge >= 0.3 is 0 Å². The molecule has 0 aliphatic heterocycles. The number of nitrogens with one attached hydrogen (secondary N) is 1. The third-order valence-electron chi connectivity index (χ3n) is 3.92. The van der Waals surface area contributed by atoms with Gasteiger partial charge in [0.05, 0.1) is 5.52 Å². The summed E-state index contributed by atoms with van der Waals surface area (Å²) in [4.78, 5) is 15.2. The molecular formula is C15H16FN3O. The highest BCUT2D eigenvalue weighted by Crippen LogP contribution is 2.27. The third-order valence-corrected chi connectivity index (χ3v) is 3.92. The van der Waals surface area contributed by atoms with E-state index in [0.717, 1.165) is 18.4 Å². The van der Waals surface area contributed by atoms with E-state index in [1.54, 1.807) is 24.4 Å². The van der Waals surface area contributed by atoms with E-state index in [4.69, 9.17) is 5.73 Å². The zero-order valence-electron chi connectivity index (χ0n) is 11.0. The van der Waals surface area contributed by atoms with E-state index in [0.29, 0.717) is 23.5 Å². The first kappa shape index (κ1) is 13.0. The van der Waals surface area contributed by atoms with Crippen LogP contribution in [0.2, 0.25) is 0 Å². The second kappa shape index (κ2) is 5.17. The number of carbonyl (C=O) groups excluding carboxylic acids is 1. The Kier molecular flexibility index (Phi) is 3.36. The van der Waals surface area contributed by atoms with E-state index in [1.807, 2.05) is 0 Å². The van der Waals surface area contributed by atoms with Crippen molar-refractivity contribution in [2.24, 2.45) is 11.7 Å². The van der Waals surface area contributed by atoms with Gasteiger partial charge < -0.3 is 11.1 Å². The van der Waals surface area contributed by atoms with Gasteiger partial charge in [0.15, 0.2) is 0 Å². The Morgan fingerprint density at radius 3 is 2.95 bits per heavy atom. The summed E-state index contributed by atoms with van der Waals surface area (Å²) >= 11 is 0. The molecule has 2 aromatic rings. The molecule has 1 aromatic carbocycles. The monoisotopic (exact) mass is 273 g/mol. The second-order valence-corrected chi connectivity index (χ2v) is 5.25. The molecule has 1 fully saturated rings. The van der Waals surface area contributed by atoms with E-state index < -0.39 is 0 Å². The van der Waals surface area contributed by atoms with Crippen LogP contribution in [0.25, 0.3) is 10.9 Å². The molecule has 0 saturated heterocycles. The fourth-order valence-electron chi connectivity index (χ4n) is 2.61. The maximum atomic E-state index is 13.7. The number of pyridine rings is 1. The van der Waals surface area contributed by atoms with Gasteiger partial charge in [-0.15, -0.1) is 0 Å². The van der Waals surface area contributed by atoms with Crippen LogP contribution in [0.3, 0.4) is 0 Å². The number of nitrogens with zero attached hydrogens (tertiary/aromatic N) is 1. The first-order valence-corrected chi connectivity index (χ1v) is 6.70. The molecule has 4 nitrogen and oxygen atoms in total. The summed E-state index contributed by atoms with van der Waals surface area (Å²) in [6, 6.07) is 6.98. The lowest BCUT2D eigenvalue weighted by Gasteiger charge is -2.33. The first-order valence-electron chi connectivity index (χ1n) is 6.70. The van der Waals surface area contributed by atoms with Crippen molar-refractivity contribution >= 4 is 16.8 Å². The highest BCUT2D eigenvalue weighted by molar-refractivity contribution is 5.82. The quantitative estimate of drug-likeness (QED) is 0.891. The van der Waals surface area contributed by atoms with Gasteiger partial charge in [-0.05, 0) is 36.6 Å². The molecule has 0 radical (unpaired) electrons. The van der Waals surface area contributed by atoms with E-state index in [1.165, 1.54) is 6.07 Å². The number of hydrogen-bond acceptors (Lipinski definition) is 3. The number of hydrogen-bond donors (Lipinski definition) is 2. The molecule has 1 heterocycles. The number of rotatable bonds is 4. The Bertz CT molecular complexity index is 653. The minimum Gasteiger partial charge on any atom is -0.369 e. The lowest BCUT2D eigenvalue weighted by atomic mass is 9.80. The van der Waals surface area contributed by atoms with Crippen LogP contribution in [0.1, 0.15) is 18.4 Å². The number of nitrogens with two attached hydrogens (primary N) is 1. The van der Waals surface area contributed by atoms with Crippen LogP contribution < -0.4 is 11.1 Å². The van der Waals surface area contributed by atoms with Crippen LogP contribution in [-0.2, 0) is 11.3 Å². The summed E-state index contributed by atoms with van der Waals surface area (Å²) in [5, 5.41) is 3.90. The van der Waals surface area contributed by atoms with Crippen LogP contribution in [-0.4, -0.2) is 16.9 Å². The summed E-state index contributed by atoms with van der Waals surface area (Å²) in [5.41, 5.74) is 6.89. The average Bonchev–Trinajstić information content (AvgIpc) is 2.39. The minimum absolute atomic E-state index is 0.00409. The molecule has 20 heavy (non-hydrogen) atoms. The van der Waals surface area contributed by atoms with Crippen LogP contribution in [0.15, 0.2) is 30.5 Å². The standard InChI is InChI=1S/C15H16FN3O/c16-13-4-3-9(14-12(13)2-1-5-18-14)8-19-11-6-10(7-11)15(17)20/h1-5,10-11,19H,6-8H2,(H2,17,20). The van der Waals surface area contributed by atoms with Gasteiger partial charge in [0.1, 0.15) is 5.82 Å². The van der Waals surface area contributed by atoms with Gasteiger partial charge in [0, 0.05) is 30.1 Å². The Balaban J connectivity index is 1.70. The summed E-state index contributed by atoms with van der Waals surface area (Å²) in [7, 11) is 0. The van der Waals surface area contributed by atoms with Gasteiger partial charge in [0.25, 0.3) is 0 Å². The topological polar surface area (TPSA) is 68.0 Å². The van der Waals surface area contributed by atoms with Crippen molar-refractivity contribution in [3.8, 4) is 0 Å². The zero-order chi connectivity index (χ0) is 14.1. The van der Waals surface area contributed by atoms with Crippen molar-refractivity contribution in [2.75, 3.05) is 0 Å². The van der Waals surface area contributed by atoms with E-state index in [9.17, 15) is 9.18 Å². The number of benzene rings is 1. The molecule has 1 aromatic heterocycles. The zero-order valence-corrected chi connectivity index (χ0v) is 11.0. The normalized spacial score (nSPS) is 21.6. The second-order valence-electron chi connectivity index (χ2n) is 5.25. The maximum Gasteiger partial charge on any atom is 0.220 e. The number of amides is 1. The molecule has 3 N–H and O–H groups in total. The molecule has 0 bridgehead atoms. The molecule has 0 spiro atoms. The molecule has 1 aliphatic rings. The smallest absolute Gasteiger partial charge is 0.220 e. The Morgan fingerprint density at radius 2 is 2.20 bits per heavy atom. The average molecular weight is 273 g/mol. The molecule has 104 valence electrons. The van der Waals surface area contributed by atoms with Crippen molar-refractivity contribution in [3.05, 3.63) is 41.8 Å². The molecule has 1 aliphatic carbocycles. The molecule has 1 amide bonds. The van der Waals surface area contributed by atoms with Crippen molar-refractivity contribution in [1.82, 2.24) is 10.3 Å². The van der Waals surface area contributed by atoms with Gasteiger partial charge in [0.2, 0.25) is 5.91 Å². The van der Waals surface area contributed by atoms with E-state index in [-0.39, 0.29) is 17.6 Å². The predicted molar refractivity (Wildman–Crippen MR) is 74.2 cm³/mol. The Morgan fingerprint density at radius 1 is 1.40 bits per heavy atom. The third kappa shape index (κ3) is 2.36. The summed E-state index contributed by atoms with van der Waals surface area (Å²) < 4.78 is 13.7. The molecule has 3 rings (SSSR count). The fraction of sp³-hybridized carbons (Fsp3) is 0.333. The number of carbonyl (C=O) groups is 1. The van der Waals surface area contributed by atoms with Crippen LogP contribution >= 0.6 is 0 Å². The van der Waals surface area contributed by atoms with Crippen molar-refractivity contribution in [1.29, 1.82) is 0 Å². The fourth-order valence-corrected chi connectivity index (χ4v) is 2.61. The minimum atomic E-state index is -0.255. The largest absolute Gasteiger partial charge is 0.369 e. The van der Waals surface area contributed by atoms with Gasteiger partial charge in [-0.1, -0.05) is 6.07 Å². The molecule has 1 saturated carbocycles. The molecule has 0 unspecified atom stereocenters. The van der Waals surface area contributed by atoms with Crippen LogP contribution in [0, 0.1) is 11.7 Å². The van der Waals surface area contributed by atoms with Gasteiger partial charge in [-0.2, -0.15) is 0 Å². The number of fused-ring (bicyclic) bond motifs is 1. The van der Waals surface area contributed by atoms with Crippen molar-refractivity contribution in [3.63, 3.8) is 0 Å². The van der Waals surface area contributed by atoms with E-state index in [2.05, 4.69) is 10.3 Å². The Hall–Kier alpha value is -2.01. The molecule has 5 heteroatoms. The lowest BCUT2D eigenvalue weighted by Crippen LogP contribution is -2.45. The Labute approximate surface area is 116 Å². The summed E-state index contributed by atoms with van der Waals surface area (Å²) in [5.74, 6) is -0.484. The summed E-state index contributed by atoms with van der Waals surface area (Å²) in [6.45, 7) is 0.615. The number of halogens is 1. The highest BCUT2D eigenvalue weighted by atomic mass is 19.1. The first-order chi connectivity index (χ1) is 9.65. The van der Waals surface area contributed by atoms with Crippen molar-refractivity contribution < 1.29 is 9.18 Å². The lowest BCUT2D eigenvalue weighted by molar-refractivity contribution is -0.124. The van der Waals surface area contributed by atoms with Crippen LogP contribution in [0.4, 0.5) is 4.39 Å². The summed E-state index contributed by atoms with van der Waals surface area (Å²) in [6.07, 6.45) is 3.22. The predicted octanol–water partition coefficient (Wildman–Crippen LogP) is 1.73. The van der Waals surface area contributed by atoms with Gasteiger partial charge in [-0.25, -0.2) is 4.39 Å². The van der Waals surface area contributed by atoms with Crippen LogP contribution in [0.5, 0.6) is 0 Å². The van der Waals surface area contributed by atoms with E-state index >= 15 is 0 Å². The number of aromatic nitrogens is 1. The maximum absolute atomic E-state index is 13.7. The van der Waals surface area contributed by atoms with Crippen molar-refractivity contribution in [2.45, 2.75) is 25.4 Å².